The van der Waals surface area contributed by atoms with Crippen molar-refractivity contribution in [1.29, 1.82) is 0 Å². The lowest BCUT2D eigenvalue weighted by Crippen LogP contribution is -2.06. The van der Waals surface area contributed by atoms with E-state index in [1.54, 1.807) is 0 Å². The van der Waals surface area contributed by atoms with Crippen LogP contribution in [0.25, 0.3) is 115 Å². The second-order valence-electron chi connectivity index (χ2n) is 15.5. The Kier molecular flexibility index (Phi) is 8.61. The summed E-state index contributed by atoms with van der Waals surface area (Å²) in [6.07, 6.45) is 2.01. The zero-order valence-corrected chi connectivity index (χ0v) is 34.2. The summed E-state index contributed by atoms with van der Waals surface area (Å²) in [5, 5.41) is 4.81. The lowest BCUT2D eigenvalue weighted by molar-refractivity contribution is 1.04. The van der Waals surface area contributed by atoms with E-state index in [4.69, 9.17) is 19.9 Å². The van der Waals surface area contributed by atoms with Gasteiger partial charge in [0.25, 0.3) is 0 Å². The first-order valence-corrected chi connectivity index (χ1v) is 21.5. The molecule has 0 radical (unpaired) electrons. The summed E-state index contributed by atoms with van der Waals surface area (Å²) in [4.78, 5) is 21.2. The van der Waals surface area contributed by atoms with Crippen LogP contribution in [0.4, 0.5) is 0 Å². The molecule has 0 aliphatic heterocycles. The number of pyridine rings is 1. The highest BCUT2D eigenvalue weighted by Gasteiger charge is 2.23. The summed E-state index contributed by atoms with van der Waals surface area (Å²) >= 11 is 1.84. The second-order valence-corrected chi connectivity index (χ2v) is 16.6. The normalized spacial score (nSPS) is 11.5. The molecule has 62 heavy (non-hydrogen) atoms. The van der Waals surface area contributed by atoms with Crippen molar-refractivity contribution in [2.24, 2.45) is 0 Å². The smallest absolute Gasteiger partial charge is 0.167 e. The Bertz CT molecular complexity index is 3500. The largest absolute Gasteiger partial charge is 0.293 e. The van der Waals surface area contributed by atoms with Gasteiger partial charge in [-0.25, -0.2) is 19.9 Å². The fourth-order valence-corrected chi connectivity index (χ4v) is 9.82. The van der Waals surface area contributed by atoms with Gasteiger partial charge in [0.1, 0.15) is 5.82 Å². The van der Waals surface area contributed by atoms with Gasteiger partial charge in [0.15, 0.2) is 17.5 Å². The zero-order valence-electron chi connectivity index (χ0n) is 33.4. The standard InChI is InChI=1S/C56H35N5S/c1-5-17-36(18-6-1)40-29-41(37-19-7-2-8-20-37)31-42(30-40)43-32-48(55-59-53(38-21-9-3-10-22-38)58-54(60-55)39-23-11-4-12-24-39)56(57-35-43)61-49-27-15-13-25-44(49)46-34-52-47(33-50(46)61)45-26-14-16-28-51(45)62-52/h1-35H. The number of hydrogen-bond acceptors (Lipinski definition) is 5. The number of para-hydroxylation sites is 1. The average Bonchev–Trinajstić information content (AvgIpc) is 3.88. The lowest BCUT2D eigenvalue weighted by Gasteiger charge is -2.16. The molecule has 0 N–H and O–H groups in total. The van der Waals surface area contributed by atoms with Gasteiger partial charge >= 0.3 is 0 Å². The molecular weight excluding hydrogens is 775 g/mol. The van der Waals surface area contributed by atoms with Gasteiger partial charge in [-0.3, -0.25) is 4.57 Å². The van der Waals surface area contributed by atoms with E-state index in [0.29, 0.717) is 17.5 Å². The Hall–Kier alpha value is -8.06. The van der Waals surface area contributed by atoms with Gasteiger partial charge in [-0.2, -0.15) is 0 Å². The van der Waals surface area contributed by atoms with Crippen molar-refractivity contribution in [3.05, 3.63) is 212 Å². The van der Waals surface area contributed by atoms with Crippen LogP contribution in [-0.2, 0) is 0 Å². The molecule has 0 saturated heterocycles. The third-order valence-corrected chi connectivity index (χ3v) is 12.8. The molecule has 12 aromatic rings. The maximum absolute atomic E-state index is 5.48. The topological polar surface area (TPSA) is 56.5 Å². The first kappa shape index (κ1) is 35.8. The number of benzene rings is 8. The van der Waals surface area contributed by atoms with Crippen molar-refractivity contribution >= 4 is 53.3 Å². The van der Waals surface area contributed by atoms with Crippen molar-refractivity contribution in [1.82, 2.24) is 24.5 Å². The Morgan fingerprint density at radius 2 is 0.823 bits per heavy atom. The van der Waals surface area contributed by atoms with Crippen LogP contribution >= 0.6 is 11.3 Å². The van der Waals surface area contributed by atoms with Crippen LogP contribution < -0.4 is 0 Å². The maximum atomic E-state index is 5.48. The van der Waals surface area contributed by atoms with Crippen molar-refractivity contribution in [3.8, 4) is 73.4 Å². The van der Waals surface area contributed by atoms with Gasteiger partial charge in [0, 0.05) is 53.8 Å². The van der Waals surface area contributed by atoms with Crippen LogP contribution in [0.2, 0.25) is 0 Å². The first-order chi connectivity index (χ1) is 30.7. The Morgan fingerprint density at radius 1 is 0.323 bits per heavy atom. The third-order valence-electron chi connectivity index (χ3n) is 11.7. The summed E-state index contributed by atoms with van der Waals surface area (Å²) in [5.74, 6) is 2.47. The SMILES string of the molecule is c1ccc(-c2cc(-c3ccccc3)cc(-c3cnc(-n4c5ccccc5c5cc6sc7ccccc7c6cc54)c(-c4nc(-c5ccccc5)nc(-c5ccccc5)n4)c3)c2)cc1. The Balaban J connectivity index is 1.17. The van der Waals surface area contributed by atoms with Crippen LogP contribution in [0.3, 0.4) is 0 Å². The van der Waals surface area contributed by atoms with Crippen molar-refractivity contribution in [3.63, 3.8) is 0 Å². The van der Waals surface area contributed by atoms with E-state index >= 15 is 0 Å². The second kappa shape index (κ2) is 14.9. The average molecular weight is 810 g/mol. The van der Waals surface area contributed by atoms with E-state index in [1.807, 2.05) is 78.2 Å². The minimum Gasteiger partial charge on any atom is -0.293 e. The molecule has 0 unspecified atom stereocenters. The van der Waals surface area contributed by atoms with Gasteiger partial charge in [-0.05, 0) is 76.3 Å². The van der Waals surface area contributed by atoms with Crippen LogP contribution in [0.15, 0.2) is 212 Å². The molecule has 0 atom stereocenters. The molecule has 4 heterocycles. The molecule has 0 bridgehead atoms. The lowest BCUT2D eigenvalue weighted by atomic mass is 9.93. The first-order valence-electron chi connectivity index (χ1n) is 20.7. The quantitative estimate of drug-likeness (QED) is 0.161. The van der Waals surface area contributed by atoms with Crippen molar-refractivity contribution in [2.75, 3.05) is 0 Å². The molecule has 5 nitrogen and oxygen atoms in total. The van der Waals surface area contributed by atoms with Gasteiger partial charge in [0.05, 0.1) is 16.6 Å². The predicted octanol–water partition coefficient (Wildman–Crippen LogP) is 14.7. The predicted molar refractivity (Wildman–Crippen MR) is 257 cm³/mol. The summed E-state index contributed by atoms with van der Waals surface area (Å²) in [7, 11) is 0. The fraction of sp³-hybridized carbons (Fsp3) is 0. The molecule has 0 spiro atoms. The highest BCUT2D eigenvalue weighted by Crippen LogP contribution is 2.43. The molecule has 8 aromatic carbocycles. The maximum Gasteiger partial charge on any atom is 0.167 e. The number of hydrogen-bond donors (Lipinski definition) is 0. The van der Waals surface area contributed by atoms with Gasteiger partial charge < -0.3 is 0 Å². The Labute approximate surface area is 361 Å². The number of rotatable bonds is 7. The molecule has 6 heteroatoms. The monoisotopic (exact) mass is 809 g/mol. The van der Waals surface area contributed by atoms with Gasteiger partial charge in [0.2, 0.25) is 0 Å². The summed E-state index contributed by atoms with van der Waals surface area (Å²) < 4.78 is 4.84. The molecule has 0 amide bonds. The van der Waals surface area contributed by atoms with Crippen molar-refractivity contribution < 1.29 is 0 Å². The summed E-state index contributed by atoms with van der Waals surface area (Å²) in [6.45, 7) is 0. The fourth-order valence-electron chi connectivity index (χ4n) is 8.69. The number of aromatic nitrogens is 5. The minimum atomic E-state index is 0.539. The van der Waals surface area contributed by atoms with E-state index in [-0.39, 0.29) is 0 Å². The molecule has 4 aromatic heterocycles. The molecular formula is C56H35N5S. The minimum absolute atomic E-state index is 0.539. The molecule has 0 aliphatic rings. The van der Waals surface area contributed by atoms with Crippen molar-refractivity contribution in [2.45, 2.75) is 0 Å². The number of thiophene rings is 1. The van der Waals surface area contributed by atoms with Gasteiger partial charge in [-0.15, -0.1) is 11.3 Å². The third kappa shape index (κ3) is 6.24. The van der Waals surface area contributed by atoms with E-state index in [2.05, 4.69) is 150 Å². The van der Waals surface area contributed by atoms with E-state index in [1.165, 1.54) is 25.6 Å². The number of fused-ring (bicyclic) bond motifs is 6. The van der Waals surface area contributed by atoms with E-state index in [9.17, 15) is 0 Å². The summed E-state index contributed by atoms with van der Waals surface area (Å²) in [5.41, 5.74) is 11.3. The molecule has 0 saturated carbocycles. The van der Waals surface area contributed by atoms with Crippen LogP contribution in [0.5, 0.6) is 0 Å². The molecule has 0 aliphatic carbocycles. The summed E-state index contributed by atoms with van der Waals surface area (Å²) in [6, 6.07) is 72.4. The van der Waals surface area contributed by atoms with E-state index < -0.39 is 0 Å². The van der Waals surface area contributed by atoms with Crippen LogP contribution in [-0.4, -0.2) is 24.5 Å². The molecule has 12 rings (SSSR count). The zero-order chi connectivity index (χ0) is 41.0. The number of nitrogens with zero attached hydrogens (tertiary/aromatic N) is 5. The van der Waals surface area contributed by atoms with Crippen LogP contribution in [0, 0.1) is 0 Å². The molecule has 0 fully saturated rings. The highest BCUT2D eigenvalue weighted by molar-refractivity contribution is 7.25. The Morgan fingerprint density at radius 3 is 1.44 bits per heavy atom. The highest BCUT2D eigenvalue weighted by atomic mass is 32.1. The van der Waals surface area contributed by atoms with Gasteiger partial charge in [-0.1, -0.05) is 158 Å². The van der Waals surface area contributed by atoms with Crippen LogP contribution in [0.1, 0.15) is 0 Å². The molecule has 290 valence electrons. The van der Waals surface area contributed by atoms with E-state index in [0.717, 1.165) is 72.3 Å².